The molecule has 1 unspecified atom stereocenters. The molecule has 0 fully saturated rings. The molecule has 2 N–H and O–H groups in total. The average Bonchev–Trinajstić information content (AvgIpc) is 3.21. The minimum atomic E-state index is -5.20. The third-order valence-corrected chi connectivity index (χ3v) is 6.95. The fourth-order valence-electron chi connectivity index (χ4n) is 3.98. The maximum absolute atomic E-state index is 14.3. The number of hydrogen-bond acceptors (Lipinski definition) is 5. The molecule has 0 saturated carbocycles. The molecule has 4 rings (SSSR count). The van der Waals surface area contributed by atoms with Gasteiger partial charge in [0.1, 0.15) is 5.82 Å². The van der Waals surface area contributed by atoms with Crippen molar-refractivity contribution in [2.24, 2.45) is 0 Å². The van der Waals surface area contributed by atoms with Crippen molar-refractivity contribution in [2.75, 3.05) is 11.6 Å². The van der Waals surface area contributed by atoms with Gasteiger partial charge in [-0.05, 0) is 55.5 Å². The molecule has 4 aromatic rings. The van der Waals surface area contributed by atoms with Gasteiger partial charge in [0.25, 0.3) is 5.91 Å². The van der Waals surface area contributed by atoms with E-state index in [1.54, 1.807) is 6.92 Å². The Morgan fingerprint density at radius 3 is 2.32 bits per heavy atom. The second-order valence-electron chi connectivity index (χ2n) is 8.35. The van der Waals surface area contributed by atoms with Crippen molar-refractivity contribution in [2.45, 2.75) is 30.1 Å². The molecular weight excluding hydrogens is 514 g/mol. The van der Waals surface area contributed by atoms with Gasteiger partial charge in [0, 0.05) is 29.6 Å². The summed E-state index contributed by atoms with van der Waals surface area (Å²) in [5.74, 6) is -2.14. The number of nitrogens with one attached hydrogen (secondary N) is 1. The van der Waals surface area contributed by atoms with E-state index in [1.807, 2.05) is 0 Å². The van der Waals surface area contributed by atoms with Crippen molar-refractivity contribution in [3.63, 3.8) is 0 Å². The molecule has 1 aromatic heterocycles. The van der Waals surface area contributed by atoms with Crippen molar-refractivity contribution in [1.82, 2.24) is 9.55 Å². The Labute approximate surface area is 209 Å². The third-order valence-electron chi connectivity index (χ3n) is 5.84. The SMILES string of the molecule is CCn1c(C(O)(c2ccc(F)cc2)C(F)(F)F)nc2ccc(C(=O)Nc3cccc(S(C)(=O)=O)c3)cc21. The second-order valence-corrected chi connectivity index (χ2v) is 10.4. The zero-order chi connectivity index (χ0) is 27.2. The largest absolute Gasteiger partial charge is 0.428 e. The summed E-state index contributed by atoms with van der Waals surface area (Å²) in [5, 5.41) is 13.6. The number of amides is 1. The molecule has 7 nitrogen and oxygen atoms in total. The van der Waals surface area contributed by atoms with Crippen LogP contribution in [0.5, 0.6) is 0 Å². The first kappa shape index (κ1) is 26.3. The van der Waals surface area contributed by atoms with Gasteiger partial charge in [0.2, 0.25) is 5.60 Å². The summed E-state index contributed by atoms with van der Waals surface area (Å²) in [7, 11) is -3.51. The lowest BCUT2D eigenvalue weighted by atomic mass is 9.92. The minimum Gasteiger partial charge on any atom is -0.370 e. The maximum atomic E-state index is 14.3. The molecule has 0 saturated heterocycles. The van der Waals surface area contributed by atoms with E-state index in [4.69, 9.17) is 0 Å². The van der Waals surface area contributed by atoms with Crippen LogP contribution >= 0.6 is 0 Å². The number of fused-ring (bicyclic) bond motifs is 1. The van der Waals surface area contributed by atoms with Crippen molar-refractivity contribution in [3.8, 4) is 0 Å². The van der Waals surface area contributed by atoms with Gasteiger partial charge in [-0.2, -0.15) is 13.2 Å². The van der Waals surface area contributed by atoms with E-state index in [9.17, 15) is 35.9 Å². The first-order valence-corrected chi connectivity index (χ1v) is 12.8. The first-order chi connectivity index (χ1) is 17.3. The molecular formula is C25H21F4N3O4S. The normalized spacial score (nSPS) is 13.9. The number of anilines is 1. The number of halogens is 4. The number of rotatable bonds is 6. The van der Waals surface area contributed by atoms with Gasteiger partial charge in [-0.3, -0.25) is 4.79 Å². The number of carbonyl (C=O) groups excluding carboxylic acids is 1. The van der Waals surface area contributed by atoms with Crippen molar-refractivity contribution < 1.29 is 35.9 Å². The van der Waals surface area contributed by atoms with Crippen LogP contribution in [-0.4, -0.2) is 41.4 Å². The maximum Gasteiger partial charge on any atom is 0.428 e. The quantitative estimate of drug-likeness (QED) is 0.350. The Kier molecular flexibility index (Phi) is 6.59. The zero-order valence-corrected chi connectivity index (χ0v) is 20.4. The molecule has 194 valence electrons. The van der Waals surface area contributed by atoms with Crippen LogP contribution < -0.4 is 5.32 Å². The van der Waals surface area contributed by atoms with Gasteiger partial charge < -0.3 is 15.0 Å². The number of nitrogens with zero attached hydrogens (tertiary/aromatic N) is 2. The summed E-state index contributed by atoms with van der Waals surface area (Å²) in [6.07, 6.45) is -4.18. The third kappa shape index (κ3) is 4.81. The highest BCUT2D eigenvalue weighted by molar-refractivity contribution is 7.90. The van der Waals surface area contributed by atoms with E-state index in [0.717, 1.165) is 35.1 Å². The predicted molar refractivity (Wildman–Crippen MR) is 128 cm³/mol. The first-order valence-electron chi connectivity index (χ1n) is 10.9. The average molecular weight is 536 g/mol. The Balaban J connectivity index is 1.79. The van der Waals surface area contributed by atoms with Crippen LogP contribution in [0, 0.1) is 5.82 Å². The molecule has 37 heavy (non-hydrogen) atoms. The highest BCUT2D eigenvalue weighted by atomic mass is 32.2. The van der Waals surface area contributed by atoms with E-state index in [-0.39, 0.29) is 33.7 Å². The van der Waals surface area contributed by atoms with Crippen LogP contribution in [0.15, 0.2) is 71.6 Å². The van der Waals surface area contributed by atoms with Crippen LogP contribution in [0.2, 0.25) is 0 Å². The lowest BCUT2D eigenvalue weighted by molar-refractivity contribution is -0.252. The highest BCUT2D eigenvalue weighted by Gasteiger charge is 2.59. The van der Waals surface area contributed by atoms with Gasteiger partial charge in [-0.15, -0.1) is 0 Å². The van der Waals surface area contributed by atoms with E-state index in [0.29, 0.717) is 0 Å². The molecule has 1 amide bonds. The van der Waals surface area contributed by atoms with Gasteiger partial charge in [0.15, 0.2) is 15.7 Å². The Morgan fingerprint density at radius 2 is 1.73 bits per heavy atom. The number of aliphatic hydroxyl groups is 1. The molecule has 0 aliphatic rings. The Hall–Kier alpha value is -3.77. The van der Waals surface area contributed by atoms with Crippen LogP contribution in [0.1, 0.15) is 28.7 Å². The van der Waals surface area contributed by atoms with Gasteiger partial charge >= 0.3 is 6.18 Å². The number of sulfone groups is 1. The summed E-state index contributed by atoms with van der Waals surface area (Å²) in [6.45, 7) is 1.52. The lowest BCUT2D eigenvalue weighted by Crippen LogP contribution is -2.45. The lowest BCUT2D eigenvalue weighted by Gasteiger charge is -2.30. The van der Waals surface area contributed by atoms with E-state index in [1.165, 1.54) is 42.5 Å². The number of aromatic nitrogens is 2. The number of benzene rings is 3. The molecule has 0 bridgehead atoms. The number of aryl methyl sites for hydroxylation is 1. The molecule has 0 spiro atoms. The predicted octanol–water partition coefficient (Wildman–Crippen LogP) is 4.65. The van der Waals surface area contributed by atoms with Gasteiger partial charge in [0.05, 0.1) is 15.9 Å². The van der Waals surface area contributed by atoms with E-state index < -0.39 is 44.7 Å². The number of hydrogen-bond donors (Lipinski definition) is 2. The highest BCUT2D eigenvalue weighted by Crippen LogP contribution is 2.44. The topological polar surface area (TPSA) is 101 Å². The summed E-state index contributed by atoms with van der Waals surface area (Å²) in [6, 6.07) is 12.9. The molecule has 1 heterocycles. The van der Waals surface area contributed by atoms with Crippen LogP contribution in [-0.2, 0) is 22.0 Å². The van der Waals surface area contributed by atoms with Gasteiger partial charge in [-0.25, -0.2) is 17.8 Å². The van der Waals surface area contributed by atoms with Crippen molar-refractivity contribution in [3.05, 3.63) is 89.5 Å². The summed E-state index contributed by atoms with van der Waals surface area (Å²) >= 11 is 0. The molecule has 12 heteroatoms. The number of imidazole rings is 1. The Morgan fingerprint density at radius 1 is 1.05 bits per heavy atom. The van der Waals surface area contributed by atoms with Crippen LogP contribution in [0.25, 0.3) is 11.0 Å². The summed E-state index contributed by atoms with van der Waals surface area (Å²) in [4.78, 5) is 16.9. The van der Waals surface area contributed by atoms with Crippen LogP contribution in [0.4, 0.5) is 23.2 Å². The van der Waals surface area contributed by atoms with Gasteiger partial charge in [-0.1, -0.05) is 18.2 Å². The minimum absolute atomic E-state index is 0.00156. The number of carbonyl (C=O) groups is 1. The summed E-state index contributed by atoms with van der Waals surface area (Å²) in [5.41, 5.74) is -3.65. The molecule has 0 radical (unpaired) electrons. The molecule has 0 aliphatic heterocycles. The van der Waals surface area contributed by atoms with Crippen molar-refractivity contribution >= 4 is 32.5 Å². The number of alkyl halides is 3. The zero-order valence-electron chi connectivity index (χ0n) is 19.5. The second kappa shape index (κ2) is 9.27. The van der Waals surface area contributed by atoms with E-state index in [2.05, 4.69) is 10.3 Å². The molecule has 1 atom stereocenters. The van der Waals surface area contributed by atoms with Crippen molar-refractivity contribution in [1.29, 1.82) is 0 Å². The summed E-state index contributed by atoms with van der Waals surface area (Å²) < 4.78 is 81.0. The molecule has 0 aliphatic carbocycles. The van der Waals surface area contributed by atoms with E-state index >= 15 is 0 Å². The smallest absolute Gasteiger partial charge is 0.370 e. The standard InChI is InChI=1S/C25H21F4N3O4S/c1-3-32-21-13-15(22(33)30-18-5-4-6-19(14-18)37(2,35)36)7-12-20(21)31-23(32)24(34,25(27,28)29)16-8-10-17(26)11-9-16/h4-14,34H,3H2,1-2H3,(H,30,33). The fraction of sp³-hybridized carbons (Fsp3) is 0.200. The molecule has 3 aromatic carbocycles. The Bertz CT molecular complexity index is 1600. The fourth-order valence-corrected chi connectivity index (χ4v) is 4.65. The van der Waals surface area contributed by atoms with Crippen LogP contribution in [0.3, 0.4) is 0 Å². The monoisotopic (exact) mass is 535 g/mol.